The van der Waals surface area contributed by atoms with Crippen LogP contribution in [0.4, 0.5) is 0 Å². The highest BCUT2D eigenvalue weighted by Crippen LogP contribution is 2.27. The number of para-hydroxylation sites is 1. The molecule has 0 spiro atoms. The SMILES string of the molecule is CC(=O)NC(C(=O)O)C(C)c1c[nH]c2ccccc12. The van der Waals surface area contributed by atoms with Crippen molar-refractivity contribution < 1.29 is 14.7 Å². The first-order valence-electron chi connectivity index (χ1n) is 6.06. The van der Waals surface area contributed by atoms with E-state index in [2.05, 4.69) is 10.3 Å². The van der Waals surface area contributed by atoms with E-state index in [-0.39, 0.29) is 11.8 Å². The Labute approximate surface area is 110 Å². The van der Waals surface area contributed by atoms with Crippen molar-refractivity contribution in [3.05, 3.63) is 36.0 Å². The number of carbonyl (C=O) groups is 2. The van der Waals surface area contributed by atoms with Crippen LogP contribution in [-0.2, 0) is 9.59 Å². The predicted octanol–water partition coefficient (Wildman–Crippen LogP) is 1.86. The van der Waals surface area contributed by atoms with E-state index >= 15 is 0 Å². The summed E-state index contributed by atoms with van der Waals surface area (Å²) in [6, 6.07) is 6.75. The number of amides is 1. The Morgan fingerprint density at radius 1 is 1.32 bits per heavy atom. The van der Waals surface area contributed by atoms with Gasteiger partial charge in [0.05, 0.1) is 0 Å². The summed E-state index contributed by atoms with van der Waals surface area (Å²) in [5.41, 5.74) is 1.84. The second kappa shape index (κ2) is 5.14. The van der Waals surface area contributed by atoms with Crippen molar-refractivity contribution in [2.45, 2.75) is 25.8 Å². The van der Waals surface area contributed by atoms with Gasteiger partial charge in [0.1, 0.15) is 6.04 Å². The van der Waals surface area contributed by atoms with Crippen molar-refractivity contribution in [3.63, 3.8) is 0 Å². The number of nitrogens with one attached hydrogen (secondary N) is 2. The topological polar surface area (TPSA) is 82.2 Å². The highest BCUT2D eigenvalue weighted by Gasteiger charge is 2.28. The van der Waals surface area contributed by atoms with E-state index in [1.165, 1.54) is 6.92 Å². The molecule has 0 aliphatic heterocycles. The first-order valence-corrected chi connectivity index (χ1v) is 6.06. The van der Waals surface area contributed by atoms with Crippen LogP contribution in [-0.4, -0.2) is 28.0 Å². The number of hydrogen-bond acceptors (Lipinski definition) is 2. The Morgan fingerprint density at radius 3 is 2.63 bits per heavy atom. The lowest BCUT2D eigenvalue weighted by atomic mass is 9.93. The van der Waals surface area contributed by atoms with Gasteiger partial charge in [-0.05, 0) is 11.6 Å². The molecule has 0 bridgehead atoms. The molecule has 1 aromatic carbocycles. The predicted molar refractivity (Wildman–Crippen MR) is 72.0 cm³/mol. The molecule has 2 atom stereocenters. The van der Waals surface area contributed by atoms with Gasteiger partial charge in [0, 0.05) is 29.9 Å². The van der Waals surface area contributed by atoms with Crippen molar-refractivity contribution in [1.82, 2.24) is 10.3 Å². The summed E-state index contributed by atoms with van der Waals surface area (Å²) in [4.78, 5) is 25.5. The smallest absolute Gasteiger partial charge is 0.326 e. The lowest BCUT2D eigenvalue weighted by molar-refractivity contribution is -0.142. The van der Waals surface area contributed by atoms with Gasteiger partial charge in [-0.25, -0.2) is 4.79 Å². The zero-order valence-corrected chi connectivity index (χ0v) is 10.8. The van der Waals surface area contributed by atoms with Crippen LogP contribution in [0, 0.1) is 0 Å². The van der Waals surface area contributed by atoms with Crippen molar-refractivity contribution in [2.75, 3.05) is 0 Å². The van der Waals surface area contributed by atoms with E-state index in [1.54, 1.807) is 13.1 Å². The quantitative estimate of drug-likeness (QED) is 0.784. The average molecular weight is 260 g/mol. The Kier molecular flexibility index (Phi) is 3.55. The second-order valence-electron chi connectivity index (χ2n) is 4.59. The van der Waals surface area contributed by atoms with Crippen LogP contribution in [0.15, 0.2) is 30.5 Å². The number of hydrogen-bond donors (Lipinski definition) is 3. The molecule has 2 aromatic rings. The number of fused-ring (bicyclic) bond motifs is 1. The molecule has 0 aliphatic carbocycles. The molecule has 0 fully saturated rings. The van der Waals surface area contributed by atoms with Gasteiger partial charge in [0.2, 0.25) is 5.91 Å². The number of aromatic nitrogens is 1. The van der Waals surface area contributed by atoms with Gasteiger partial charge in [-0.2, -0.15) is 0 Å². The van der Waals surface area contributed by atoms with Crippen LogP contribution >= 0.6 is 0 Å². The monoisotopic (exact) mass is 260 g/mol. The second-order valence-corrected chi connectivity index (χ2v) is 4.59. The van der Waals surface area contributed by atoms with E-state index < -0.39 is 12.0 Å². The molecular weight excluding hydrogens is 244 g/mol. The van der Waals surface area contributed by atoms with Crippen molar-refractivity contribution in [2.24, 2.45) is 0 Å². The van der Waals surface area contributed by atoms with Gasteiger partial charge in [-0.15, -0.1) is 0 Å². The van der Waals surface area contributed by atoms with Gasteiger partial charge < -0.3 is 15.4 Å². The molecule has 19 heavy (non-hydrogen) atoms. The fourth-order valence-corrected chi connectivity index (χ4v) is 2.27. The highest BCUT2D eigenvalue weighted by molar-refractivity contribution is 5.87. The maximum atomic E-state index is 11.3. The number of carboxylic acids is 1. The minimum absolute atomic E-state index is 0.322. The van der Waals surface area contributed by atoms with Crippen molar-refractivity contribution >= 4 is 22.8 Å². The molecule has 5 nitrogen and oxygen atoms in total. The highest BCUT2D eigenvalue weighted by atomic mass is 16.4. The zero-order valence-electron chi connectivity index (χ0n) is 10.8. The first-order chi connectivity index (χ1) is 9.00. The summed E-state index contributed by atoms with van der Waals surface area (Å²) in [7, 11) is 0. The summed E-state index contributed by atoms with van der Waals surface area (Å²) < 4.78 is 0. The molecule has 0 saturated heterocycles. The molecular formula is C14H16N2O3. The van der Waals surface area contributed by atoms with Crippen molar-refractivity contribution in [3.8, 4) is 0 Å². The lowest BCUT2D eigenvalue weighted by Gasteiger charge is -2.20. The van der Waals surface area contributed by atoms with Crippen LogP contribution in [0.3, 0.4) is 0 Å². The third-order valence-electron chi connectivity index (χ3n) is 3.24. The zero-order chi connectivity index (χ0) is 14.0. The van der Waals surface area contributed by atoms with Crippen LogP contribution in [0.2, 0.25) is 0 Å². The minimum atomic E-state index is -1.03. The largest absolute Gasteiger partial charge is 0.480 e. The Balaban J connectivity index is 2.38. The number of aliphatic carboxylic acids is 1. The maximum absolute atomic E-state index is 11.3. The fourth-order valence-electron chi connectivity index (χ4n) is 2.27. The van der Waals surface area contributed by atoms with E-state index in [1.807, 2.05) is 24.3 Å². The normalized spacial score (nSPS) is 14.0. The van der Waals surface area contributed by atoms with Crippen LogP contribution in [0.1, 0.15) is 25.3 Å². The van der Waals surface area contributed by atoms with E-state index in [4.69, 9.17) is 0 Å². The third-order valence-corrected chi connectivity index (χ3v) is 3.24. The van der Waals surface area contributed by atoms with E-state index in [0.717, 1.165) is 16.5 Å². The summed E-state index contributed by atoms with van der Waals surface area (Å²) in [6.45, 7) is 3.11. The van der Waals surface area contributed by atoms with Gasteiger partial charge in [-0.3, -0.25) is 4.79 Å². The lowest BCUT2D eigenvalue weighted by Crippen LogP contribution is -2.43. The Bertz CT molecular complexity index is 618. The van der Waals surface area contributed by atoms with Crippen molar-refractivity contribution in [1.29, 1.82) is 0 Å². The van der Waals surface area contributed by atoms with Crippen LogP contribution < -0.4 is 5.32 Å². The van der Waals surface area contributed by atoms with Gasteiger partial charge in [0.25, 0.3) is 0 Å². The van der Waals surface area contributed by atoms with Crippen LogP contribution in [0.25, 0.3) is 10.9 Å². The Morgan fingerprint density at radius 2 is 2.00 bits per heavy atom. The molecule has 1 heterocycles. The van der Waals surface area contributed by atoms with Gasteiger partial charge >= 0.3 is 5.97 Å². The molecule has 1 aromatic heterocycles. The Hall–Kier alpha value is -2.30. The summed E-state index contributed by atoms with van der Waals surface area (Å²) in [5.74, 6) is -1.70. The third kappa shape index (κ3) is 2.59. The summed E-state index contributed by atoms with van der Waals surface area (Å²) >= 11 is 0. The number of carboxylic acid groups (broad SMARTS) is 1. The van der Waals surface area contributed by atoms with Gasteiger partial charge in [0.15, 0.2) is 0 Å². The molecule has 0 aliphatic rings. The molecule has 100 valence electrons. The molecule has 2 rings (SSSR count). The molecule has 1 amide bonds. The van der Waals surface area contributed by atoms with E-state index in [0.29, 0.717) is 0 Å². The average Bonchev–Trinajstić information content (AvgIpc) is 2.78. The summed E-state index contributed by atoms with van der Waals surface area (Å²) in [6.07, 6.45) is 1.80. The minimum Gasteiger partial charge on any atom is -0.480 e. The molecule has 5 heteroatoms. The molecule has 0 saturated carbocycles. The van der Waals surface area contributed by atoms with Gasteiger partial charge in [-0.1, -0.05) is 25.1 Å². The number of H-pyrrole nitrogens is 1. The summed E-state index contributed by atoms with van der Waals surface area (Å²) in [5, 5.41) is 12.7. The number of carbonyl (C=O) groups excluding carboxylic acids is 1. The molecule has 2 unspecified atom stereocenters. The first kappa shape index (κ1) is 13.1. The number of benzene rings is 1. The number of aromatic amines is 1. The molecule has 0 radical (unpaired) electrons. The maximum Gasteiger partial charge on any atom is 0.326 e. The standard InChI is InChI=1S/C14H16N2O3/c1-8(13(14(18)19)16-9(2)17)11-7-15-12-6-4-3-5-10(11)12/h3-8,13,15H,1-2H3,(H,16,17)(H,18,19). The fraction of sp³-hybridized carbons (Fsp3) is 0.286. The van der Waals surface area contributed by atoms with Crippen LogP contribution in [0.5, 0.6) is 0 Å². The number of rotatable bonds is 4. The van der Waals surface area contributed by atoms with E-state index in [9.17, 15) is 14.7 Å². The molecule has 3 N–H and O–H groups in total.